The first-order valence-corrected chi connectivity index (χ1v) is 10.5. The summed E-state index contributed by atoms with van der Waals surface area (Å²) in [7, 11) is 0. The molecule has 0 saturated heterocycles. The van der Waals surface area contributed by atoms with Crippen molar-refractivity contribution in [2.24, 2.45) is 0 Å². The summed E-state index contributed by atoms with van der Waals surface area (Å²) in [6, 6.07) is 23.5. The largest absolute Gasteiger partial charge is 0.492 e. The van der Waals surface area contributed by atoms with Gasteiger partial charge in [0.05, 0.1) is 29.6 Å². The highest BCUT2D eigenvalue weighted by Crippen LogP contribution is 2.20. The molecule has 0 aliphatic heterocycles. The molecule has 31 heavy (non-hydrogen) atoms. The number of halogens is 1. The molecule has 6 heteroatoms. The van der Waals surface area contributed by atoms with Gasteiger partial charge >= 0.3 is 0 Å². The van der Waals surface area contributed by atoms with E-state index >= 15 is 0 Å². The summed E-state index contributed by atoms with van der Waals surface area (Å²) in [6.45, 7) is 2.74. The van der Waals surface area contributed by atoms with Crippen molar-refractivity contribution in [3.05, 3.63) is 101 Å². The lowest BCUT2D eigenvalue weighted by molar-refractivity contribution is -0.121. The van der Waals surface area contributed by atoms with E-state index in [1.54, 1.807) is 24.3 Å². The number of ether oxygens (including phenoxy) is 1. The van der Waals surface area contributed by atoms with Crippen LogP contribution in [-0.2, 0) is 4.79 Å². The standard InChI is InChI=1S/C25H25ClN2O3/c1-18-11-13-20(14-12-18)31-16-15-27-24(29)17-23(19-7-3-2-4-8-19)28-25(30)21-9-5-6-10-22(21)26/h2-14,23H,15-17H2,1H3,(H,27,29)(H,28,30). The van der Waals surface area contributed by atoms with Crippen molar-refractivity contribution in [1.29, 1.82) is 0 Å². The molecule has 0 radical (unpaired) electrons. The highest BCUT2D eigenvalue weighted by atomic mass is 35.5. The van der Waals surface area contributed by atoms with Crippen LogP contribution in [0.5, 0.6) is 5.75 Å². The van der Waals surface area contributed by atoms with Gasteiger partial charge in [0.25, 0.3) is 5.91 Å². The molecule has 2 N–H and O–H groups in total. The van der Waals surface area contributed by atoms with Gasteiger partial charge in [-0.1, -0.05) is 71.8 Å². The molecule has 1 unspecified atom stereocenters. The van der Waals surface area contributed by atoms with Gasteiger partial charge in [0.2, 0.25) is 5.91 Å². The average Bonchev–Trinajstić information content (AvgIpc) is 2.78. The van der Waals surface area contributed by atoms with Crippen molar-refractivity contribution in [3.8, 4) is 5.75 Å². The van der Waals surface area contributed by atoms with Crippen LogP contribution < -0.4 is 15.4 Å². The summed E-state index contributed by atoms with van der Waals surface area (Å²) >= 11 is 6.14. The van der Waals surface area contributed by atoms with Crippen LogP contribution in [0.15, 0.2) is 78.9 Å². The smallest absolute Gasteiger partial charge is 0.253 e. The summed E-state index contributed by atoms with van der Waals surface area (Å²) in [5, 5.41) is 6.14. The highest BCUT2D eigenvalue weighted by molar-refractivity contribution is 6.33. The van der Waals surface area contributed by atoms with Crippen LogP contribution >= 0.6 is 11.6 Å². The molecule has 2 amide bonds. The third-order valence-electron chi connectivity index (χ3n) is 4.73. The number of amides is 2. The van der Waals surface area contributed by atoms with Crippen LogP contribution in [-0.4, -0.2) is 25.0 Å². The lowest BCUT2D eigenvalue weighted by Gasteiger charge is -2.19. The van der Waals surface area contributed by atoms with E-state index in [-0.39, 0.29) is 18.2 Å². The minimum atomic E-state index is -0.483. The minimum Gasteiger partial charge on any atom is -0.492 e. The second-order valence-electron chi connectivity index (χ2n) is 7.13. The van der Waals surface area contributed by atoms with E-state index in [0.717, 1.165) is 16.9 Å². The van der Waals surface area contributed by atoms with Crippen molar-refractivity contribution in [2.75, 3.05) is 13.2 Å². The Bertz CT molecular complexity index is 1010. The number of nitrogens with one attached hydrogen (secondary N) is 2. The summed E-state index contributed by atoms with van der Waals surface area (Å²) in [5.41, 5.74) is 2.37. The Morgan fingerprint density at radius 2 is 1.61 bits per heavy atom. The predicted molar refractivity (Wildman–Crippen MR) is 122 cm³/mol. The number of aryl methyl sites for hydroxylation is 1. The Balaban J connectivity index is 1.56. The van der Waals surface area contributed by atoms with Gasteiger partial charge in [0.15, 0.2) is 0 Å². The van der Waals surface area contributed by atoms with E-state index in [1.165, 1.54) is 0 Å². The van der Waals surface area contributed by atoms with Crippen molar-refractivity contribution >= 4 is 23.4 Å². The maximum absolute atomic E-state index is 12.7. The van der Waals surface area contributed by atoms with Gasteiger partial charge in [-0.2, -0.15) is 0 Å². The van der Waals surface area contributed by atoms with Crippen LogP contribution in [0.2, 0.25) is 5.02 Å². The first-order valence-electron chi connectivity index (χ1n) is 10.1. The van der Waals surface area contributed by atoms with Gasteiger partial charge in [-0.25, -0.2) is 0 Å². The van der Waals surface area contributed by atoms with E-state index < -0.39 is 6.04 Å². The van der Waals surface area contributed by atoms with Crippen LogP contribution in [0.4, 0.5) is 0 Å². The van der Waals surface area contributed by atoms with Gasteiger partial charge in [-0.3, -0.25) is 9.59 Å². The van der Waals surface area contributed by atoms with Crippen molar-refractivity contribution in [3.63, 3.8) is 0 Å². The Kier molecular flexibility index (Phi) is 8.07. The molecule has 5 nitrogen and oxygen atoms in total. The summed E-state index contributed by atoms with van der Waals surface area (Å²) in [6.07, 6.45) is 0.102. The normalized spacial score (nSPS) is 11.4. The fourth-order valence-electron chi connectivity index (χ4n) is 3.07. The quantitative estimate of drug-likeness (QED) is 0.477. The molecule has 1 atom stereocenters. The predicted octanol–water partition coefficient (Wildman–Crippen LogP) is 4.70. The molecule has 0 aliphatic carbocycles. The maximum Gasteiger partial charge on any atom is 0.253 e. The fourth-order valence-corrected chi connectivity index (χ4v) is 3.29. The second-order valence-corrected chi connectivity index (χ2v) is 7.54. The van der Waals surface area contributed by atoms with Crippen LogP contribution in [0.1, 0.15) is 33.9 Å². The van der Waals surface area contributed by atoms with Crippen molar-refractivity contribution in [1.82, 2.24) is 10.6 Å². The van der Waals surface area contributed by atoms with Crippen LogP contribution in [0.3, 0.4) is 0 Å². The number of carbonyl (C=O) groups is 2. The monoisotopic (exact) mass is 436 g/mol. The molecule has 0 spiro atoms. The fraction of sp³-hybridized carbons (Fsp3) is 0.200. The summed E-state index contributed by atoms with van der Waals surface area (Å²) in [4.78, 5) is 25.2. The third kappa shape index (κ3) is 6.86. The number of carbonyl (C=O) groups excluding carboxylic acids is 2. The van der Waals surface area contributed by atoms with E-state index in [4.69, 9.17) is 16.3 Å². The van der Waals surface area contributed by atoms with E-state index in [0.29, 0.717) is 23.7 Å². The average molecular weight is 437 g/mol. The zero-order chi connectivity index (χ0) is 22.1. The van der Waals surface area contributed by atoms with Crippen molar-refractivity contribution in [2.45, 2.75) is 19.4 Å². The zero-order valence-corrected chi connectivity index (χ0v) is 18.1. The molecule has 3 rings (SSSR count). The maximum atomic E-state index is 12.7. The molecule has 0 fully saturated rings. The Morgan fingerprint density at radius 3 is 2.32 bits per heavy atom. The first kappa shape index (κ1) is 22.4. The van der Waals surface area contributed by atoms with Crippen molar-refractivity contribution < 1.29 is 14.3 Å². The molecule has 3 aromatic rings. The number of hydrogen-bond donors (Lipinski definition) is 2. The molecule has 0 saturated carbocycles. The highest BCUT2D eigenvalue weighted by Gasteiger charge is 2.20. The molecular weight excluding hydrogens is 412 g/mol. The third-order valence-corrected chi connectivity index (χ3v) is 5.06. The minimum absolute atomic E-state index is 0.102. The lowest BCUT2D eigenvalue weighted by atomic mass is 10.0. The Hall–Kier alpha value is -3.31. The van der Waals surface area contributed by atoms with E-state index in [2.05, 4.69) is 10.6 Å². The molecule has 0 bridgehead atoms. The van der Waals surface area contributed by atoms with Crippen LogP contribution in [0.25, 0.3) is 0 Å². The number of rotatable bonds is 9. The molecule has 0 aliphatic rings. The van der Waals surface area contributed by atoms with Gasteiger partial charge in [0, 0.05) is 0 Å². The van der Waals surface area contributed by atoms with E-state index in [9.17, 15) is 9.59 Å². The molecule has 160 valence electrons. The lowest BCUT2D eigenvalue weighted by Crippen LogP contribution is -2.35. The van der Waals surface area contributed by atoms with Gasteiger partial charge in [-0.15, -0.1) is 0 Å². The Labute approximate surface area is 187 Å². The van der Waals surface area contributed by atoms with E-state index in [1.807, 2.05) is 61.5 Å². The van der Waals surface area contributed by atoms with Gasteiger partial charge in [-0.05, 0) is 36.8 Å². The molecule has 3 aromatic carbocycles. The number of benzene rings is 3. The van der Waals surface area contributed by atoms with Gasteiger partial charge in [0.1, 0.15) is 12.4 Å². The number of hydrogen-bond acceptors (Lipinski definition) is 3. The summed E-state index contributed by atoms with van der Waals surface area (Å²) < 4.78 is 5.64. The van der Waals surface area contributed by atoms with Gasteiger partial charge < -0.3 is 15.4 Å². The zero-order valence-electron chi connectivity index (χ0n) is 17.3. The molecule has 0 heterocycles. The summed E-state index contributed by atoms with van der Waals surface area (Å²) in [5.74, 6) is 0.254. The van der Waals surface area contributed by atoms with Crippen LogP contribution in [0, 0.1) is 6.92 Å². The Morgan fingerprint density at radius 1 is 0.935 bits per heavy atom. The molecular formula is C25H25ClN2O3. The second kappa shape index (κ2) is 11.2. The SMILES string of the molecule is Cc1ccc(OCCNC(=O)CC(NC(=O)c2ccccc2Cl)c2ccccc2)cc1. The first-order chi connectivity index (χ1) is 15.0. The topological polar surface area (TPSA) is 67.4 Å². The molecule has 0 aromatic heterocycles.